The molecular formula is C17H27N3O. The predicted molar refractivity (Wildman–Crippen MR) is 85.2 cm³/mol. The maximum Gasteiger partial charge on any atom is 0.270 e. The van der Waals surface area contributed by atoms with Crippen molar-refractivity contribution in [2.24, 2.45) is 5.92 Å². The molecule has 0 aromatic carbocycles. The molecule has 1 aliphatic carbocycles. The van der Waals surface area contributed by atoms with E-state index >= 15 is 0 Å². The summed E-state index contributed by atoms with van der Waals surface area (Å²) in [6.07, 6.45) is 9.39. The Hall–Kier alpha value is -1.45. The van der Waals surface area contributed by atoms with E-state index in [9.17, 15) is 4.79 Å². The SMILES string of the molecule is CC(C)n1cc(N)cc1C(=O)N1CCCC2CCCCC21. The molecule has 2 heterocycles. The Balaban J connectivity index is 1.87. The summed E-state index contributed by atoms with van der Waals surface area (Å²) >= 11 is 0. The van der Waals surface area contributed by atoms with Crippen molar-refractivity contribution in [2.45, 2.75) is 64.5 Å². The van der Waals surface area contributed by atoms with Crippen molar-refractivity contribution >= 4 is 11.6 Å². The molecule has 1 amide bonds. The van der Waals surface area contributed by atoms with Gasteiger partial charge in [0, 0.05) is 24.8 Å². The summed E-state index contributed by atoms with van der Waals surface area (Å²) < 4.78 is 2.02. The Morgan fingerprint density at radius 3 is 2.71 bits per heavy atom. The largest absolute Gasteiger partial charge is 0.397 e. The van der Waals surface area contributed by atoms with Gasteiger partial charge < -0.3 is 15.2 Å². The number of carbonyl (C=O) groups excluding carboxylic acids is 1. The van der Waals surface area contributed by atoms with Crippen LogP contribution in [0.25, 0.3) is 0 Å². The molecular weight excluding hydrogens is 262 g/mol. The first kappa shape index (κ1) is 14.5. The number of rotatable bonds is 2. The van der Waals surface area contributed by atoms with E-state index in [1.165, 1.54) is 32.1 Å². The molecule has 2 N–H and O–H groups in total. The molecule has 1 saturated carbocycles. The highest BCUT2D eigenvalue weighted by atomic mass is 16.2. The summed E-state index contributed by atoms with van der Waals surface area (Å²) in [6.45, 7) is 5.09. The summed E-state index contributed by atoms with van der Waals surface area (Å²) in [6, 6.07) is 2.55. The Morgan fingerprint density at radius 1 is 1.24 bits per heavy atom. The van der Waals surface area contributed by atoms with Gasteiger partial charge in [0.2, 0.25) is 0 Å². The van der Waals surface area contributed by atoms with Crippen LogP contribution in [-0.4, -0.2) is 28.0 Å². The van der Waals surface area contributed by atoms with E-state index in [1.807, 2.05) is 16.8 Å². The van der Waals surface area contributed by atoms with Crippen molar-refractivity contribution in [3.05, 3.63) is 18.0 Å². The number of hydrogen-bond acceptors (Lipinski definition) is 2. The molecule has 0 radical (unpaired) electrons. The number of hydrogen-bond donors (Lipinski definition) is 1. The molecule has 1 aromatic heterocycles. The van der Waals surface area contributed by atoms with Crippen molar-refractivity contribution < 1.29 is 4.79 Å². The lowest BCUT2D eigenvalue weighted by molar-refractivity contribution is 0.0379. The molecule has 116 valence electrons. The van der Waals surface area contributed by atoms with E-state index in [1.54, 1.807) is 0 Å². The minimum absolute atomic E-state index is 0.178. The second-order valence-electron chi connectivity index (χ2n) is 6.91. The maximum atomic E-state index is 13.0. The number of nitrogens with two attached hydrogens (primary N) is 1. The molecule has 1 aromatic rings. The van der Waals surface area contributed by atoms with Crippen LogP contribution < -0.4 is 5.73 Å². The number of fused-ring (bicyclic) bond motifs is 1. The molecule has 1 aliphatic heterocycles. The number of likely N-dealkylation sites (tertiary alicyclic amines) is 1. The van der Waals surface area contributed by atoms with Gasteiger partial charge in [-0.25, -0.2) is 0 Å². The van der Waals surface area contributed by atoms with Crippen LogP contribution in [-0.2, 0) is 0 Å². The number of anilines is 1. The first-order chi connectivity index (χ1) is 10.1. The second kappa shape index (κ2) is 5.74. The predicted octanol–water partition coefficient (Wildman–Crippen LogP) is 3.45. The highest BCUT2D eigenvalue weighted by Gasteiger charge is 2.36. The summed E-state index contributed by atoms with van der Waals surface area (Å²) in [5, 5.41) is 0. The number of nitrogen functional groups attached to an aromatic ring is 1. The van der Waals surface area contributed by atoms with Crippen molar-refractivity contribution in [1.82, 2.24) is 9.47 Å². The van der Waals surface area contributed by atoms with Gasteiger partial charge in [-0.3, -0.25) is 4.79 Å². The molecule has 21 heavy (non-hydrogen) atoms. The zero-order valence-electron chi connectivity index (χ0n) is 13.2. The second-order valence-corrected chi connectivity index (χ2v) is 6.91. The monoisotopic (exact) mass is 289 g/mol. The normalized spacial score (nSPS) is 26.0. The van der Waals surface area contributed by atoms with Crippen molar-refractivity contribution in [3.8, 4) is 0 Å². The van der Waals surface area contributed by atoms with Crippen molar-refractivity contribution in [3.63, 3.8) is 0 Å². The lowest BCUT2D eigenvalue weighted by atomic mass is 9.78. The Morgan fingerprint density at radius 2 is 1.95 bits per heavy atom. The number of piperidine rings is 1. The molecule has 2 aliphatic rings. The van der Waals surface area contributed by atoms with E-state index in [0.717, 1.165) is 24.6 Å². The van der Waals surface area contributed by atoms with E-state index < -0.39 is 0 Å². The topological polar surface area (TPSA) is 51.3 Å². The average molecular weight is 289 g/mol. The number of nitrogens with zero attached hydrogens (tertiary/aromatic N) is 2. The van der Waals surface area contributed by atoms with E-state index in [0.29, 0.717) is 11.7 Å². The summed E-state index contributed by atoms with van der Waals surface area (Å²) in [7, 11) is 0. The minimum Gasteiger partial charge on any atom is -0.397 e. The van der Waals surface area contributed by atoms with Gasteiger partial charge in [-0.2, -0.15) is 0 Å². The quantitative estimate of drug-likeness (QED) is 0.906. The van der Waals surface area contributed by atoms with Gasteiger partial charge in [-0.05, 0) is 51.5 Å². The van der Waals surface area contributed by atoms with Gasteiger partial charge in [0.15, 0.2) is 0 Å². The van der Waals surface area contributed by atoms with Gasteiger partial charge in [-0.15, -0.1) is 0 Å². The molecule has 1 saturated heterocycles. The molecule has 0 bridgehead atoms. The average Bonchev–Trinajstić information content (AvgIpc) is 2.88. The fraction of sp³-hybridized carbons (Fsp3) is 0.706. The zero-order chi connectivity index (χ0) is 15.0. The summed E-state index contributed by atoms with van der Waals surface area (Å²) in [5.41, 5.74) is 7.37. The summed E-state index contributed by atoms with van der Waals surface area (Å²) in [4.78, 5) is 15.2. The van der Waals surface area contributed by atoms with Gasteiger partial charge in [0.1, 0.15) is 5.69 Å². The van der Waals surface area contributed by atoms with Gasteiger partial charge in [0.05, 0.1) is 5.69 Å². The van der Waals surface area contributed by atoms with Crippen LogP contribution >= 0.6 is 0 Å². The Bertz CT molecular complexity index is 518. The minimum atomic E-state index is 0.178. The molecule has 4 nitrogen and oxygen atoms in total. The fourth-order valence-corrected chi connectivity index (χ4v) is 4.12. The van der Waals surface area contributed by atoms with Crippen LogP contribution in [0.4, 0.5) is 5.69 Å². The van der Waals surface area contributed by atoms with Crippen LogP contribution in [0.3, 0.4) is 0 Å². The third-order valence-corrected chi connectivity index (χ3v) is 5.15. The van der Waals surface area contributed by atoms with Crippen LogP contribution in [0.5, 0.6) is 0 Å². The van der Waals surface area contributed by atoms with Crippen LogP contribution in [0.2, 0.25) is 0 Å². The van der Waals surface area contributed by atoms with Gasteiger partial charge in [0.25, 0.3) is 5.91 Å². The molecule has 2 fully saturated rings. The highest BCUT2D eigenvalue weighted by molar-refractivity contribution is 5.94. The summed E-state index contributed by atoms with van der Waals surface area (Å²) in [5.74, 6) is 0.897. The number of amides is 1. The number of carbonyl (C=O) groups is 1. The molecule has 2 unspecified atom stereocenters. The first-order valence-corrected chi connectivity index (χ1v) is 8.36. The zero-order valence-corrected chi connectivity index (χ0v) is 13.2. The van der Waals surface area contributed by atoms with Crippen LogP contribution in [0, 0.1) is 5.92 Å². The Labute approximate surface area is 127 Å². The Kier molecular flexibility index (Phi) is 3.96. The van der Waals surface area contributed by atoms with E-state index in [4.69, 9.17) is 5.73 Å². The van der Waals surface area contributed by atoms with Crippen molar-refractivity contribution in [1.29, 1.82) is 0 Å². The van der Waals surface area contributed by atoms with Gasteiger partial charge in [-0.1, -0.05) is 12.8 Å². The van der Waals surface area contributed by atoms with Gasteiger partial charge >= 0.3 is 0 Å². The smallest absolute Gasteiger partial charge is 0.270 e. The fourth-order valence-electron chi connectivity index (χ4n) is 4.12. The van der Waals surface area contributed by atoms with E-state index in [2.05, 4.69) is 18.7 Å². The maximum absolute atomic E-state index is 13.0. The standard InChI is InChI=1S/C17H27N3O/c1-12(2)20-11-14(18)10-16(20)17(21)19-9-5-7-13-6-3-4-8-15(13)19/h10-13,15H,3-9,18H2,1-2H3. The lowest BCUT2D eigenvalue weighted by Crippen LogP contribution is -2.50. The lowest BCUT2D eigenvalue weighted by Gasteiger charge is -2.44. The number of aromatic nitrogens is 1. The molecule has 3 rings (SSSR count). The van der Waals surface area contributed by atoms with Crippen molar-refractivity contribution in [2.75, 3.05) is 12.3 Å². The molecule has 0 spiro atoms. The molecule has 4 heteroatoms. The molecule has 2 atom stereocenters. The van der Waals surface area contributed by atoms with Crippen LogP contribution in [0.1, 0.15) is 68.9 Å². The van der Waals surface area contributed by atoms with E-state index in [-0.39, 0.29) is 11.9 Å². The third-order valence-electron chi connectivity index (χ3n) is 5.15. The van der Waals surface area contributed by atoms with Crippen LogP contribution in [0.15, 0.2) is 12.3 Å². The first-order valence-electron chi connectivity index (χ1n) is 8.36. The third kappa shape index (κ3) is 2.68. The highest BCUT2D eigenvalue weighted by Crippen LogP contribution is 2.36.